The molecular formula is C15H25N3. The van der Waals surface area contributed by atoms with Gasteiger partial charge in [0.1, 0.15) is 0 Å². The summed E-state index contributed by atoms with van der Waals surface area (Å²) < 4.78 is 0. The van der Waals surface area contributed by atoms with Crippen molar-refractivity contribution in [3.63, 3.8) is 0 Å². The fourth-order valence-electron chi connectivity index (χ4n) is 2.80. The average Bonchev–Trinajstić information content (AvgIpc) is 2.45. The highest BCUT2D eigenvalue weighted by molar-refractivity contribution is 5.30. The molecule has 0 aliphatic carbocycles. The molecule has 3 heteroatoms. The molecule has 0 spiro atoms. The number of piperazine rings is 1. The van der Waals surface area contributed by atoms with Gasteiger partial charge in [-0.25, -0.2) is 0 Å². The van der Waals surface area contributed by atoms with Gasteiger partial charge in [0.15, 0.2) is 0 Å². The Kier molecular flexibility index (Phi) is 5.17. The van der Waals surface area contributed by atoms with Crippen molar-refractivity contribution in [3.05, 3.63) is 35.4 Å². The molecule has 0 aromatic heterocycles. The van der Waals surface area contributed by atoms with Gasteiger partial charge in [-0.1, -0.05) is 31.2 Å². The standard InChI is InChI=1S/C15H25N3/c1-2-13-6-3-4-7-14(13)15-12-17-9-11-18(15)10-5-8-16/h3-4,6-7,15,17H,2,5,8-12,16H2,1H3. The molecule has 18 heavy (non-hydrogen) atoms. The predicted octanol–water partition coefficient (Wildman–Crippen LogP) is 1.54. The molecule has 2 rings (SSSR count). The molecule has 1 heterocycles. The van der Waals surface area contributed by atoms with E-state index in [0.717, 1.165) is 45.6 Å². The molecule has 0 bridgehead atoms. The van der Waals surface area contributed by atoms with E-state index in [1.54, 1.807) is 0 Å². The van der Waals surface area contributed by atoms with Crippen LogP contribution in [0.25, 0.3) is 0 Å². The van der Waals surface area contributed by atoms with Crippen LogP contribution >= 0.6 is 0 Å². The van der Waals surface area contributed by atoms with Gasteiger partial charge in [-0.2, -0.15) is 0 Å². The van der Waals surface area contributed by atoms with Gasteiger partial charge in [-0.15, -0.1) is 0 Å². The number of benzene rings is 1. The molecule has 1 aromatic rings. The molecule has 0 amide bonds. The van der Waals surface area contributed by atoms with Crippen LogP contribution in [-0.4, -0.2) is 37.6 Å². The van der Waals surface area contributed by atoms with E-state index in [2.05, 4.69) is 41.4 Å². The van der Waals surface area contributed by atoms with Crippen molar-refractivity contribution in [2.45, 2.75) is 25.8 Å². The lowest BCUT2D eigenvalue weighted by molar-refractivity contribution is 0.160. The summed E-state index contributed by atoms with van der Waals surface area (Å²) in [6, 6.07) is 9.35. The quantitative estimate of drug-likeness (QED) is 0.829. The number of hydrogen-bond donors (Lipinski definition) is 2. The van der Waals surface area contributed by atoms with E-state index >= 15 is 0 Å². The molecule has 1 unspecified atom stereocenters. The van der Waals surface area contributed by atoms with Crippen LogP contribution in [0, 0.1) is 0 Å². The smallest absolute Gasteiger partial charge is 0.0475 e. The second kappa shape index (κ2) is 6.88. The highest BCUT2D eigenvalue weighted by Crippen LogP contribution is 2.25. The summed E-state index contributed by atoms with van der Waals surface area (Å²) >= 11 is 0. The lowest BCUT2D eigenvalue weighted by atomic mass is 9.96. The molecule has 0 radical (unpaired) electrons. The first-order valence-corrected chi connectivity index (χ1v) is 7.09. The number of aryl methyl sites for hydroxylation is 1. The first-order chi connectivity index (χ1) is 8.86. The molecule has 1 aliphatic rings. The van der Waals surface area contributed by atoms with Gasteiger partial charge in [0, 0.05) is 32.2 Å². The van der Waals surface area contributed by atoms with E-state index in [1.165, 1.54) is 11.1 Å². The lowest BCUT2D eigenvalue weighted by Crippen LogP contribution is -2.46. The highest BCUT2D eigenvalue weighted by atomic mass is 15.2. The van der Waals surface area contributed by atoms with Crippen molar-refractivity contribution >= 4 is 0 Å². The molecule has 1 aliphatic heterocycles. The maximum absolute atomic E-state index is 5.64. The maximum atomic E-state index is 5.64. The zero-order valence-corrected chi connectivity index (χ0v) is 11.4. The predicted molar refractivity (Wildman–Crippen MR) is 76.7 cm³/mol. The van der Waals surface area contributed by atoms with E-state index in [9.17, 15) is 0 Å². The largest absolute Gasteiger partial charge is 0.330 e. The van der Waals surface area contributed by atoms with E-state index < -0.39 is 0 Å². The Hall–Kier alpha value is -0.900. The minimum Gasteiger partial charge on any atom is -0.330 e. The highest BCUT2D eigenvalue weighted by Gasteiger charge is 2.24. The Bertz CT molecular complexity index is 365. The average molecular weight is 247 g/mol. The third-order valence-electron chi connectivity index (χ3n) is 3.80. The molecule has 1 saturated heterocycles. The Morgan fingerprint density at radius 3 is 3.00 bits per heavy atom. The number of hydrogen-bond acceptors (Lipinski definition) is 3. The topological polar surface area (TPSA) is 41.3 Å². The fourth-order valence-corrected chi connectivity index (χ4v) is 2.80. The van der Waals surface area contributed by atoms with Crippen LogP contribution in [0.3, 0.4) is 0 Å². The molecule has 3 N–H and O–H groups in total. The van der Waals surface area contributed by atoms with Crippen LogP contribution < -0.4 is 11.1 Å². The van der Waals surface area contributed by atoms with Crippen LogP contribution in [0.1, 0.15) is 30.5 Å². The van der Waals surface area contributed by atoms with Crippen molar-refractivity contribution in [2.75, 3.05) is 32.7 Å². The molecule has 100 valence electrons. The molecule has 0 saturated carbocycles. The minimum absolute atomic E-state index is 0.515. The molecule has 1 aromatic carbocycles. The van der Waals surface area contributed by atoms with Crippen LogP contribution in [0.5, 0.6) is 0 Å². The monoisotopic (exact) mass is 247 g/mol. The normalized spacial score (nSPS) is 21.1. The van der Waals surface area contributed by atoms with Crippen molar-refractivity contribution in [3.8, 4) is 0 Å². The first-order valence-electron chi connectivity index (χ1n) is 7.09. The first kappa shape index (κ1) is 13.5. The number of nitrogens with one attached hydrogen (secondary N) is 1. The van der Waals surface area contributed by atoms with Gasteiger partial charge in [0.25, 0.3) is 0 Å². The zero-order chi connectivity index (χ0) is 12.8. The summed E-state index contributed by atoms with van der Waals surface area (Å²) in [7, 11) is 0. The Labute approximate surface area is 110 Å². The SMILES string of the molecule is CCc1ccccc1C1CNCCN1CCCN. The Morgan fingerprint density at radius 1 is 1.39 bits per heavy atom. The van der Waals surface area contributed by atoms with Crippen molar-refractivity contribution < 1.29 is 0 Å². The van der Waals surface area contributed by atoms with Crippen LogP contribution in [-0.2, 0) is 6.42 Å². The summed E-state index contributed by atoms with van der Waals surface area (Å²) in [5, 5.41) is 3.52. The van der Waals surface area contributed by atoms with Gasteiger partial charge < -0.3 is 11.1 Å². The number of rotatable bonds is 5. The molecule has 3 nitrogen and oxygen atoms in total. The van der Waals surface area contributed by atoms with E-state index in [4.69, 9.17) is 5.73 Å². The lowest BCUT2D eigenvalue weighted by Gasteiger charge is -2.37. The minimum atomic E-state index is 0.515. The Morgan fingerprint density at radius 2 is 2.22 bits per heavy atom. The second-order valence-corrected chi connectivity index (χ2v) is 4.95. The maximum Gasteiger partial charge on any atom is 0.0475 e. The van der Waals surface area contributed by atoms with Gasteiger partial charge >= 0.3 is 0 Å². The number of nitrogens with zero attached hydrogens (tertiary/aromatic N) is 1. The molecular weight excluding hydrogens is 222 g/mol. The van der Waals surface area contributed by atoms with E-state index in [0.29, 0.717) is 6.04 Å². The summed E-state index contributed by atoms with van der Waals surface area (Å²) in [5.41, 5.74) is 8.61. The third kappa shape index (κ3) is 3.10. The Balaban J connectivity index is 2.16. The number of nitrogens with two attached hydrogens (primary N) is 1. The van der Waals surface area contributed by atoms with Crippen LogP contribution in [0.4, 0.5) is 0 Å². The van der Waals surface area contributed by atoms with E-state index in [1.807, 2.05) is 0 Å². The molecule has 1 fully saturated rings. The van der Waals surface area contributed by atoms with Crippen LogP contribution in [0.2, 0.25) is 0 Å². The van der Waals surface area contributed by atoms with Crippen LogP contribution in [0.15, 0.2) is 24.3 Å². The zero-order valence-electron chi connectivity index (χ0n) is 11.4. The molecule has 1 atom stereocenters. The van der Waals surface area contributed by atoms with Crippen molar-refractivity contribution in [1.29, 1.82) is 0 Å². The van der Waals surface area contributed by atoms with Gasteiger partial charge in [-0.05, 0) is 30.5 Å². The third-order valence-corrected chi connectivity index (χ3v) is 3.80. The van der Waals surface area contributed by atoms with Gasteiger partial charge in [0.05, 0.1) is 0 Å². The summed E-state index contributed by atoms with van der Waals surface area (Å²) in [5.74, 6) is 0. The second-order valence-electron chi connectivity index (χ2n) is 4.95. The van der Waals surface area contributed by atoms with Crippen molar-refractivity contribution in [2.24, 2.45) is 5.73 Å². The van der Waals surface area contributed by atoms with Gasteiger partial charge in [0.2, 0.25) is 0 Å². The summed E-state index contributed by atoms with van der Waals surface area (Å²) in [6.45, 7) is 7.41. The summed E-state index contributed by atoms with van der Waals surface area (Å²) in [6.07, 6.45) is 2.20. The van der Waals surface area contributed by atoms with E-state index in [-0.39, 0.29) is 0 Å². The fraction of sp³-hybridized carbons (Fsp3) is 0.600. The van der Waals surface area contributed by atoms with Gasteiger partial charge in [-0.3, -0.25) is 4.90 Å². The summed E-state index contributed by atoms with van der Waals surface area (Å²) in [4.78, 5) is 2.58. The van der Waals surface area contributed by atoms with Crippen molar-refractivity contribution in [1.82, 2.24) is 10.2 Å².